The van der Waals surface area contributed by atoms with Crippen LogP contribution in [-0.2, 0) is 20.4 Å². The zero-order chi connectivity index (χ0) is 45.7. The largest absolute Gasteiger partial charge is 0.435 e. The molecule has 1 aromatic rings. The van der Waals surface area contributed by atoms with Gasteiger partial charge in [0.25, 0.3) is 0 Å². The third-order valence-electron chi connectivity index (χ3n) is 13.0. The number of carbonyl (C=O) groups is 1. The fourth-order valence-corrected chi connectivity index (χ4v) is 14.9. The number of fused-ring (bicyclic) bond motifs is 5. The maximum Gasteiger partial charge on any atom is 0.435 e. The van der Waals surface area contributed by atoms with Crippen LogP contribution in [0, 0.1) is 28.6 Å². The van der Waals surface area contributed by atoms with Crippen LogP contribution in [0.4, 0.5) is 44.3 Å². The smallest absolute Gasteiger partial charge is 0.410 e. The number of nitrogens with zero attached hydrogens (tertiary/aromatic N) is 3. The lowest BCUT2D eigenvalue weighted by Crippen LogP contribution is -2.67. The van der Waals surface area contributed by atoms with Gasteiger partial charge in [0, 0.05) is 55.4 Å². The number of alkyl halides is 9. The van der Waals surface area contributed by atoms with Gasteiger partial charge in [-0.15, -0.1) is 0 Å². The fraction of sp³-hybridized carbons (Fsp3) is 0.810. The SMILES string of the molecule is CC(C)N(C(C)C)P(CCC#N)OCCCN(C(=O)Oc1ccc2c(c1)CC[C@@H]1[C@@H]2CC[C@]2(C)[C@@H](OCCCOC(C(F)(F)F)(C(F)(F)F)C(F)(F)F)CC[C@@H]12)C1CCSSC1. The standard InChI is InChI=1S/C42H59F9N3O5PS2/c1-27(2)54(28(3)4)60(23-6-18-52)58-22-7-19-53(30-16-24-61-62-26-30)37(55)59-31-10-12-32-29(25-31)9-11-34-33(32)15-17-38(5)35(34)13-14-36(38)56-20-8-21-57-39(40(43,44)45,41(46,47)48)42(49,50)51/h10,12,25,27-28,30,33-36H,6-9,11,13-17,19-24,26H2,1-5H3/t30?,33-,34-,35+,36+,38+,60?/m1/s1. The van der Waals surface area contributed by atoms with E-state index in [-0.39, 0.29) is 48.1 Å². The van der Waals surface area contributed by atoms with Crippen LogP contribution >= 0.6 is 29.9 Å². The lowest BCUT2D eigenvalue weighted by atomic mass is 9.55. The van der Waals surface area contributed by atoms with Gasteiger partial charge in [-0.2, -0.15) is 44.8 Å². The number of ether oxygens (including phenoxy) is 3. The van der Waals surface area contributed by atoms with Crippen LogP contribution in [0.5, 0.6) is 5.75 Å². The van der Waals surface area contributed by atoms with Crippen molar-refractivity contribution in [3.05, 3.63) is 29.3 Å². The summed E-state index contributed by atoms with van der Waals surface area (Å²) in [5.74, 6) is 2.97. The first-order valence-electron chi connectivity index (χ1n) is 21.4. The highest BCUT2D eigenvalue weighted by Gasteiger charge is 2.85. The molecule has 2 saturated carbocycles. The number of benzene rings is 1. The van der Waals surface area contributed by atoms with Crippen molar-refractivity contribution in [3.8, 4) is 11.8 Å². The summed E-state index contributed by atoms with van der Waals surface area (Å²) in [4.78, 5) is 15.7. The number of nitriles is 1. The molecular formula is C42H59F9N3O5PS2. The highest BCUT2D eigenvalue weighted by Crippen LogP contribution is 2.62. The van der Waals surface area contributed by atoms with Crippen LogP contribution in [0.15, 0.2) is 18.2 Å². The van der Waals surface area contributed by atoms with E-state index in [4.69, 9.17) is 14.0 Å². The normalized spacial score (nSPS) is 26.2. The molecule has 5 rings (SSSR count). The summed E-state index contributed by atoms with van der Waals surface area (Å²) >= 11 is 0. The number of hydrogen-bond donors (Lipinski definition) is 0. The monoisotopic (exact) mass is 951 g/mol. The molecule has 0 bridgehead atoms. The van der Waals surface area contributed by atoms with E-state index in [1.54, 1.807) is 21.6 Å². The third kappa shape index (κ3) is 11.3. The molecule has 4 aliphatic rings. The maximum absolute atomic E-state index is 13.9. The molecule has 20 heteroatoms. The van der Waals surface area contributed by atoms with Gasteiger partial charge >= 0.3 is 30.2 Å². The van der Waals surface area contributed by atoms with Gasteiger partial charge in [-0.1, -0.05) is 34.6 Å². The minimum atomic E-state index is -6.76. The molecule has 8 nitrogen and oxygen atoms in total. The van der Waals surface area contributed by atoms with E-state index in [0.717, 1.165) is 55.6 Å². The Kier molecular flexibility index (Phi) is 17.6. The first-order valence-corrected chi connectivity index (χ1v) is 25.3. The summed E-state index contributed by atoms with van der Waals surface area (Å²) in [6, 6.07) is 8.66. The predicted octanol–water partition coefficient (Wildman–Crippen LogP) is 12.5. The zero-order valence-corrected chi connectivity index (χ0v) is 38.4. The van der Waals surface area contributed by atoms with Gasteiger partial charge in [0.2, 0.25) is 0 Å². The fourth-order valence-electron chi connectivity index (χ4n) is 10.3. The van der Waals surface area contributed by atoms with Crippen LogP contribution in [0.25, 0.3) is 0 Å². The minimum absolute atomic E-state index is 0.0248. The Labute approximate surface area is 368 Å². The van der Waals surface area contributed by atoms with Crippen LogP contribution < -0.4 is 4.74 Å². The Hall–Kier alpha value is -1.68. The van der Waals surface area contributed by atoms with Crippen LogP contribution in [0.3, 0.4) is 0 Å². The molecule has 1 aliphatic heterocycles. The Bertz CT molecular complexity index is 1630. The summed E-state index contributed by atoms with van der Waals surface area (Å²) < 4.78 is 144. The van der Waals surface area contributed by atoms with Gasteiger partial charge in [0.1, 0.15) is 14.0 Å². The summed E-state index contributed by atoms with van der Waals surface area (Å²) in [5.41, 5.74) is -4.29. The quantitative estimate of drug-likeness (QED) is 0.0618. The molecule has 3 fully saturated rings. The van der Waals surface area contributed by atoms with Crippen molar-refractivity contribution >= 4 is 36.0 Å². The molecule has 2 unspecified atom stereocenters. The van der Waals surface area contributed by atoms with Crippen LogP contribution in [0.2, 0.25) is 0 Å². The first kappa shape index (κ1) is 51.3. The van der Waals surface area contributed by atoms with Gasteiger partial charge in [-0.25, -0.2) is 4.79 Å². The number of hydrogen-bond acceptors (Lipinski definition) is 9. The van der Waals surface area contributed by atoms with Crippen molar-refractivity contribution in [1.82, 2.24) is 9.57 Å². The molecule has 352 valence electrons. The molecule has 0 aromatic heterocycles. The van der Waals surface area contributed by atoms with Gasteiger partial charge in [0.15, 0.2) is 0 Å². The molecule has 0 radical (unpaired) electrons. The second kappa shape index (κ2) is 21.3. The van der Waals surface area contributed by atoms with Crippen molar-refractivity contribution in [2.45, 2.75) is 153 Å². The molecule has 1 aromatic carbocycles. The number of rotatable bonds is 18. The Morgan fingerprint density at radius 3 is 2.23 bits per heavy atom. The average Bonchev–Trinajstić information content (AvgIpc) is 3.52. The van der Waals surface area contributed by atoms with Crippen LogP contribution in [-0.4, -0.2) is 108 Å². The van der Waals surface area contributed by atoms with Crippen molar-refractivity contribution in [2.24, 2.45) is 17.3 Å². The van der Waals surface area contributed by atoms with Crippen molar-refractivity contribution in [3.63, 3.8) is 0 Å². The molecule has 1 heterocycles. The lowest BCUT2D eigenvalue weighted by Gasteiger charge is -2.50. The predicted molar refractivity (Wildman–Crippen MR) is 223 cm³/mol. The van der Waals surface area contributed by atoms with Gasteiger partial charge in [-0.3, -0.25) is 4.67 Å². The van der Waals surface area contributed by atoms with Crippen molar-refractivity contribution in [2.75, 3.05) is 44.0 Å². The first-order chi connectivity index (χ1) is 29.1. The Morgan fingerprint density at radius 1 is 0.919 bits per heavy atom. The van der Waals surface area contributed by atoms with Crippen molar-refractivity contribution < 1.29 is 63.0 Å². The van der Waals surface area contributed by atoms with E-state index in [0.29, 0.717) is 50.2 Å². The van der Waals surface area contributed by atoms with E-state index < -0.39 is 51.6 Å². The van der Waals surface area contributed by atoms with E-state index >= 15 is 0 Å². The molecule has 1 saturated heterocycles. The van der Waals surface area contributed by atoms with E-state index in [2.05, 4.69) is 50.1 Å². The molecule has 1 amide bonds. The number of carbonyl (C=O) groups excluding carboxylic acids is 1. The number of halogens is 9. The Balaban J connectivity index is 1.17. The summed E-state index contributed by atoms with van der Waals surface area (Å²) in [7, 11) is 2.57. The Morgan fingerprint density at radius 2 is 1.61 bits per heavy atom. The summed E-state index contributed by atoms with van der Waals surface area (Å²) in [6.45, 7) is 9.73. The minimum Gasteiger partial charge on any atom is -0.410 e. The maximum atomic E-state index is 13.9. The van der Waals surface area contributed by atoms with E-state index in [1.807, 2.05) is 23.1 Å². The molecule has 0 spiro atoms. The highest BCUT2D eigenvalue weighted by molar-refractivity contribution is 8.76. The topological polar surface area (TPSA) is 84.3 Å². The number of aryl methyl sites for hydroxylation is 1. The molecule has 3 aliphatic carbocycles. The van der Waals surface area contributed by atoms with E-state index in [1.165, 1.54) is 5.56 Å². The molecule has 62 heavy (non-hydrogen) atoms. The van der Waals surface area contributed by atoms with Gasteiger partial charge < -0.3 is 23.6 Å². The summed E-state index contributed by atoms with van der Waals surface area (Å²) in [5, 5.41) is 9.26. The van der Waals surface area contributed by atoms with Crippen molar-refractivity contribution in [1.29, 1.82) is 5.26 Å². The third-order valence-corrected chi connectivity index (χ3v) is 18.0. The van der Waals surface area contributed by atoms with E-state index in [9.17, 15) is 49.6 Å². The molecule has 0 N–H and O–H groups in total. The second-order valence-electron chi connectivity index (χ2n) is 17.5. The second-order valence-corrected chi connectivity index (χ2v) is 22.0. The highest BCUT2D eigenvalue weighted by atomic mass is 33.1. The van der Waals surface area contributed by atoms with Gasteiger partial charge in [0.05, 0.1) is 25.4 Å². The number of amides is 1. The van der Waals surface area contributed by atoms with Gasteiger partial charge in [-0.05, 0) is 132 Å². The zero-order valence-electron chi connectivity index (χ0n) is 35.8. The average molecular weight is 952 g/mol. The van der Waals surface area contributed by atoms with Crippen LogP contribution in [0.1, 0.15) is 109 Å². The molecule has 7 atom stereocenters. The summed E-state index contributed by atoms with van der Waals surface area (Å²) in [6.07, 6.45) is -14.5. The lowest BCUT2D eigenvalue weighted by molar-refractivity contribution is -0.457. The molecular weight excluding hydrogens is 893 g/mol.